The summed E-state index contributed by atoms with van der Waals surface area (Å²) in [5.74, 6) is 0.910. The van der Waals surface area contributed by atoms with Crippen LogP contribution in [-0.4, -0.2) is 31.1 Å². The standard InChI is InChI=1S/C28H30ClNO/c29-28(25-13-5-2-6-14-25)27(23-11-3-1-4-12-23)24-15-17-26(18-16-24)31-22-10-9-21-30-19-7-8-20-30/h1-6,11-18H,7-10,19-22H2/b28-27+. The van der Waals surface area contributed by atoms with Gasteiger partial charge in [0.2, 0.25) is 0 Å². The van der Waals surface area contributed by atoms with E-state index < -0.39 is 0 Å². The molecule has 1 aliphatic heterocycles. The van der Waals surface area contributed by atoms with Crippen LogP contribution in [0.1, 0.15) is 42.4 Å². The molecule has 0 aliphatic carbocycles. The molecule has 0 radical (unpaired) electrons. The molecule has 1 aliphatic rings. The highest BCUT2D eigenvalue weighted by Crippen LogP contribution is 2.35. The van der Waals surface area contributed by atoms with E-state index >= 15 is 0 Å². The number of unbranched alkanes of at least 4 members (excludes halogenated alkanes) is 1. The third-order valence-electron chi connectivity index (χ3n) is 5.79. The van der Waals surface area contributed by atoms with Crippen LogP contribution in [0.15, 0.2) is 84.9 Å². The van der Waals surface area contributed by atoms with Crippen molar-refractivity contribution in [2.75, 3.05) is 26.2 Å². The number of ether oxygens (including phenoxy) is 1. The molecular weight excluding hydrogens is 402 g/mol. The van der Waals surface area contributed by atoms with Crippen molar-refractivity contribution in [3.05, 3.63) is 102 Å². The zero-order valence-corrected chi connectivity index (χ0v) is 18.7. The molecule has 0 unspecified atom stereocenters. The zero-order chi connectivity index (χ0) is 21.3. The van der Waals surface area contributed by atoms with Crippen LogP contribution in [0, 0.1) is 0 Å². The maximum atomic E-state index is 6.90. The molecule has 4 rings (SSSR count). The van der Waals surface area contributed by atoms with Crippen molar-refractivity contribution in [3.8, 4) is 5.75 Å². The molecule has 0 spiro atoms. The Morgan fingerprint density at radius 3 is 1.94 bits per heavy atom. The molecule has 0 amide bonds. The Bertz CT molecular complexity index is 961. The lowest BCUT2D eigenvalue weighted by Gasteiger charge is -2.15. The first kappa shape index (κ1) is 21.7. The Morgan fingerprint density at radius 1 is 0.710 bits per heavy atom. The van der Waals surface area contributed by atoms with Crippen molar-refractivity contribution in [1.29, 1.82) is 0 Å². The molecular formula is C28H30ClNO. The molecule has 31 heavy (non-hydrogen) atoms. The molecule has 0 atom stereocenters. The van der Waals surface area contributed by atoms with Crippen LogP contribution in [0.3, 0.4) is 0 Å². The van der Waals surface area contributed by atoms with Crippen molar-refractivity contribution in [3.63, 3.8) is 0 Å². The number of rotatable bonds is 9. The number of benzene rings is 3. The van der Waals surface area contributed by atoms with Gasteiger partial charge in [0.25, 0.3) is 0 Å². The molecule has 1 saturated heterocycles. The molecule has 0 aromatic heterocycles. The second-order valence-corrected chi connectivity index (χ2v) is 8.43. The van der Waals surface area contributed by atoms with Crippen LogP contribution in [0.25, 0.3) is 10.6 Å². The lowest BCUT2D eigenvalue weighted by atomic mass is 9.95. The van der Waals surface area contributed by atoms with Crippen molar-refractivity contribution >= 4 is 22.2 Å². The Hall–Kier alpha value is -2.55. The molecule has 0 saturated carbocycles. The predicted molar refractivity (Wildman–Crippen MR) is 131 cm³/mol. The lowest BCUT2D eigenvalue weighted by Crippen LogP contribution is -2.20. The Labute approximate surface area is 191 Å². The van der Waals surface area contributed by atoms with E-state index in [2.05, 4.69) is 29.2 Å². The van der Waals surface area contributed by atoms with E-state index in [0.717, 1.165) is 46.1 Å². The van der Waals surface area contributed by atoms with Gasteiger partial charge in [0.05, 0.1) is 11.6 Å². The minimum Gasteiger partial charge on any atom is -0.494 e. The van der Waals surface area contributed by atoms with Crippen molar-refractivity contribution in [2.45, 2.75) is 25.7 Å². The average molecular weight is 432 g/mol. The Balaban J connectivity index is 1.44. The predicted octanol–water partition coefficient (Wildman–Crippen LogP) is 7.10. The van der Waals surface area contributed by atoms with Gasteiger partial charge in [-0.2, -0.15) is 0 Å². The highest BCUT2D eigenvalue weighted by Gasteiger charge is 2.13. The molecule has 3 heteroatoms. The molecule has 0 bridgehead atoms. The summed E-state index contributed by atoms with van der Waals surface area (Å²) in [6.07, 6.45) is 5.01. The van der Waals surface area contributed by atoms with Crippen LogP contribution in [-0.2, 0) is 0 Å². The van der Waals surface area contributed by atoms with E-state index in [-0.39, 0.29) is 0 Å². The molecule has 3 aromatic carbocycles. The number of hydrogen-bond donors (Lipinski definition) is 0. The fraction of sp³-hybridized carbons (Fsp3) is 0.286. The summed E-state index contributed by atoms with van der Waals surface area (Å²) in [6.45, 7) is 4.50. The van der Waals surface area contributed by atoms with Crippen LogP contribution >= 0.6 is 11.6 Å². The summed E-state index contributed by atoms with van der Waals surface area (Å²) >= 11 is 6.90. The van der Waals surface area contributed by atoms with Crippen molar-refractivity contribution in [2.24, 2.45) is 0 Å². The van der Waals surface area contributed by atoms with Gasteiger partial charge in [0.1, 0.15) is 5.75 Å². The SMILES string of the molecule is Cl/C(=C(\c1ccccc1)c1ccc(OCCCCN2CCCC2)cc1)c1ccccc1. The summed E-state index contributed by atoms with van der Waals surface area (Å²) < 4.78 is 5.99. The summed E-state index contributed by atoms with van der Waals surface area (Å²) in [5.41, 5.74) is 4.24. The largest absolute Gasteiger partial charge is 0.494 e. The van der Waals surface area contributed by atoms with Gasteiger partial charge in [0, 0.05) is 5.57 Å². The van der Waals surface area contributed by atoms with Gasteiger partial charge in [-0.15, -0.1) is 0 Å². The summed E-state index contributed by atoms with van der Waals surface area (Å²) in [6, 6.07) is 28.8. The first-order valence-corrected chi connectivity index (χ1v) is 11.7. The first-order valence-electron chi connectivity index (χ1n) is 11.3. The maximum absolute atomic E-state index is 6.90. The van der Waals surface area contributed by atoms with Crippen LogP contribution in [0.2, 0.25) is 0 Å². The normalized spacial score (nSPS) is 15.0. The van der Waals surface area contributed by atoms with Gasteiger partial charge in [0.15, 0.2) is 0 Å². The third kappa shape index (κ3) is 6.00. The fourth-order valence-corrected chi connectivity index (χ4v) is 4.45. The Kier molecular flexibility index (Phi) is 7.81. The lowest BCUT2D eigenvalue weighted by molar-refractivity contribution is 0.280. The van der Waals surface area contributed by atoms with E-state index in [4.69, 9.17) is 16.3 Å². The van der Waals surface area contributed by atoms with Crippen molar-refractivity contribution < 1.29 is 4.74 Å². The number of nitrogens with zero attached hydrogens (tertiary/aromatic N) is 1. The fourth-order valence-electron chi connectivity index (χ4n) is 4.11. The summed E-state index contributed by atoms with van der Waals surface area (Å²) in [7, 11) is 0. The van der Waals surface area contributed by atoms with Gasteiger partial charge < -0.3 is 9.64 Å². The van der Waals surface area contributed by atoms with Crippen LogP contribution in [0.5, 0.6) is 5.75 Å². The molecule has 1 heterocycles. The van der Waals surface area contributed by atoms with Crippen molar-refractivity contribution in [1.82, 2.24) is 4.90 Å². The van der Waals surface area contributed by atoms with Gasteiger partial charge in [-0.25, -0.2) is 0 Å². The second-order valence-electron chi connectivity index (χ2n) is 8.05. The monoisotopic (exact) mass is 431 g/mol. The van der Waals surface area contributed by atoms with Gasteiger partial charge in [-0.3, -0.25) is 0 Å². The van der Waals surface area contributed by atoms with Gasteiger partial charge in [-0.1, -0.05) is 84.4 Å². The summed E-state index contributed by atoms with van der Waals surface area (Å²) in [5, 5.41) is 0.752. The number of halogens is 1. The van der Waals surface area contributed by atoms with E-state index in [1.54, 1.807) is 0 Å². The van der Waals surface area contributed by atoms with Gasteiger partial charge >= 0.3 is 0 Å². The topological polar surface area (TPSA) is 12.5 Å². The third-order valence-corrected chi connectivity index (χ3v) is 6.20. The molecule has 2 nitrogen and oxygen atoms in total. The number of likely N-dealkylation sites (tertiary alicyclic amines) is 1. The first-order chi connectivity index (χ1) is 15.3. The van der Waals surface area contributed by atoms with E-state index in [1.165, 1.54) is 38.9 Å². The summed E-state index contributed by atoms with van der Waals surface area (Å²) in [4.78, 5) is 2.56. The molecule has 0 N–H and O–H groups in total. The molecule has 1 fully saturated rings. The number of hydrogen-bond acceptors (Lipinski definition) is 2. The maximum Gasteiger partial charge on any atom is 0.119 e. The Morgan fingerprint density at radius 2 is 1.29 bits per heavy atom. The quantitative estimate of drug-likeness (QED) is 0.264. The van der Waals surface area contributed by atoms with Crippen LogP contribution in [0.4, 0.5) is 0 Å². The minimum atomic E-state index is 0.752. The molecule has 3 aromatic rings. The second kappa shape index (κ2) is 11.2. The van der Waals surface area contributed by atoms with Crippen LogP contribution < -0.4 is 4.74 Å². The van der Waals surface area contributed by atoms with E-state index in [9.17, 15) is 0 Å². The minimum absolute atomic E-state index is 0.752. The van der Waals surface area contributed by atoms with E-state index in [0.29, 0.717) is 0 Å². The highest BCUT2D eigenvalue weighted by molar-refractivity contribution is 6.53. The van der Waals surface area contributed by atoms with Gasteiger partial charge in [-0.05, 0) is 74.1 Å². The van der Waals surface area contributed by atoms with E-state index in [1.807, 2.05) is 60.7 Å². The average Bonchev–Trinajstić information content (AvgIpc) is 3.35. The highest BCUT2D eigenvalue weighted by atomic mass is 35.5. The smallest absolute Gasteiger partial charge is 0.119 e. The zero-order valence-electron chi connectivity index (χ0n) is 18.0. The molecule has 160 valence electrons.